The van der Waals surface area contributed by atoms with Gasteiger partial charge in [0.15, 0.2) is 0 Å². The lowest BCUT2D eigenvalue weighted by atomic mass is 10.1. The molecule has 0 fully saturated rings. The Balaban J connectivity index is 1.88. The maximum Gasteiger partial charge on any atom is 0.280 e. The Morgan fingerprint density at radius 1 is 0.783 bits per heavy atom. The molecule has 0 bridgehead atoms. The van der Waals surface area contributed by atoms with Crippen LogP contribution < -0.4 is 0 Å². The summed E-state index contributed by atoms with van der Waals surface area (Å²) >= 11 is 12.2. The number of halogens is 2. The van der Waals surface area contributed by atoms with E-state index >= 15 is 0 Å². The molecule has 23 heavy (non-hydrogen) atoms. The third-order valence-electron chi connectivity index (χ3n) is 3.04. The average Bonchev–Trinajstić information content (AvgIpc) is 2.55. The van der Waals surface area contributed by atoms with Crippen molar-refractivity contribution in [3.63, 3.8) is 0 Å². The predicted octanol–water partition coefficient (Wildman–Crippen LogP) is 5.13. The van der Waals surface area contributed by atoms with Gasteiger partial charge < -0.3 is 9.68 Å². The van der Waals surface area contributed by atoms with Gasteiger partial charge in [-0.3, -0.25) is 0 Å². The third-order valence-corrected chi connectivity index (χ3v) is 3.69. The van der Waals surface area contributed by atoms with E-state index in [-0.39, 0.29) is 6.79 Å². The second-order valence-corrected chi connectivity index (χ2v) is 5.50. The van der Waals surface area contributed by atoms with E-state index in [9.17, 15) is 0 Å². The van der Waals surface area contributed by atoms with Crippen LogP contribution in [0.5, 0.6) is 0 Å². The molecule has 0 aliphatic rings. The smallest absolute Gasteiger partial charge is 0.280 e. The molecule has 0 saturated heterocycles. The molecule has 2 rings (SSSR count). The number of hydrogen-bond donors (Lipinski definition) is 0. The maximum atomic E-state index is 6.08. The fourth-order valence-corrected chi connectivity index (χ4v) is 2.42. The molecule has 0 heterocycles. The Morgan fingerprint density at radius 3 is 1.57 bits per heavy atom. The van der Waals surface area contributed by atoms with E-state index in [1.54, 1.807) is 26.0 Å². The molecule has 4 nitrogen and oxygen atoms in total. The Hall–Kier alpha value is -2.04. The molecule has 0 amide bonds. The molecule has 2 aromatic rings. The third kappa shape index (κ3) is 4.98. The van der Waals surface area contributed by atoms with Crippen LogP contribution in [0, 0.1) is 0 Å². The zero-order valence-corrected chi connectivity index (χ0v) is 14.3. The molecular formula is C17H16Cl2N2O2. The number of oxime groups is 2. The van der Waals surface area contributed by atoms with E-state index in [0.717, 1.165) is 11.1 Å². The van der Waals surface area contributed by atoms with Gasteiger partial charge in [0.25, 0.3) is 6.79 Å². The highest BCUT2D eigenvalue weighted by atomic mass is 35.5. The van der Waals surface area contributed by atoms with E-state index in [1.807, 2.05) is 36.4 Å². The monoisotopic (exact) mass is 350 g/mol. The quantitative estimate of drug-likeness (QED) is 0.313. The summed E-state index contributed by atoms with van der Waals surface area (Å²) in [5.41, 5.74) is 2.94. The SMILES string of the molecule is C/C(=N/OCO/N=C(\C)c1ccccc1Cl)c1ccccc1Cl. The minimum Gasteiger partial charge on any atom is -0.352 e. The van der Waals surface area contributed by atoms with Gasteiger partial charge in [-0.25, -0.2) is 0 Å². The Kier molecular flexibility index (Phi) is 6.44. The van der Waals surface area contributed by atoms with Crippen molar-refractivity contribution in [3.05, 3.63) is 69.7 Å². The lowest BCUT2D eigenvalue weighted by molar-refractivity contribution is -0.0505. The summed E-state index contributed by atoms with van der Waals surface area (Å²) < 4.78 is 0. The summed E-state index contributed by atoms with van der Waals surface area (Å²) in [5, 5.41) is 9.14. The lowest BCUT2D eigenvalue weighted by Crippen LogP contribution is -2.01. The second kappa shape index (κ2) is 8.56. The van der Waals surface area contributed by atoms with Crippen LogP contribution in [0.3, 0.4) is 0 Å². The summed E-state index contributed by atoms with van der Waals surface area (Å²) in [6, 6.07) is 14.8. The topological polar surface area (TPSA) is 43.2 Å². The molecule has 0 aromatic heterocycles. The predicted molar refractivity (Wildman–Crippen MR) is 94.4 cm³/mol. The van der Waals surface area contributed by atoms with Crippen molar-refractivity contribution >= 4 is 34.6 Å². The molecule has 6 heteroatoms. The lowest BCUT2D eigenvalue weighted by Gasteiger charge is -2.05. The first-order valence-electron chi connectivity index (χ1n) is 6.92. The largest absolute Gasteiger partial charge is 0.352 e. The highest BCUT2D eigenvalue weighted by Gasteiger charge is 2.04. The first-order chi connectivity index (χ1) is 11.1. The first kappa shape index (κ1) is 17.3. The fourth-order valence-electron chi connectivity index (χ4n) is 1.88. The van der Waals surface area contributed by atoms with Crippen LogP contribution in [0.1, 0.15) is 25.0 Å². The normalized spacial score (nSPS) is 12.2. The van der Waals surface area contributed by atoms with Crippen LogP contribution >= 0.6 is 23.2 Å². The molecule has 0 spiro atoms. The maximum absolute atomic E-state index is 6.08. The highest BCUT2D eigenvalue weighted by molar-refractivity contribution is 6.34. The molecule has 0 unspecified atom stereocenters. The molecule has 0 radical (unpaired) electrons. The standard InChI is InChI=1S/C17H16Cl2N2O2/c1-12(14-7-3-5-9-16(14)18)20-22-11-23-21-13(2)15-8-4-6-10-17(15)19/h3-10H,11H2,1-2H3/b20-12-,21-13+. The zero-order valence-electron chi connectivity index (χ0n) is 12.8. The average molecular weight is 351 g/mol. The first-order valence-corrected chi connectivity index (χ1v) is 7.68. The number of benzene rings is 2. The van der Waals surface area contributed by atoms with Crippen molar-refractivity contribution in [2.45, 2.75) is 13.8 Å². The summed E-state index contributed by atoms with van der Waals surface area (Å²) in [6.45, 7) is 3.50. The Labute approximate surface area is 145 Å². The molecule has 0 atom stereocenters. The van der Waals surface area contributed by atoms with Crippen molar-refractivity contribution in [1.29, 1.82) is 0 Å². The molecular weight excluding hydrogens is 335 g/mol. The van der Waals surface area contributed by atoms with Crippen LogP contribution in [-0.4, -0.2) is 18.2 Å². The van der Waals surface area contributed by atoms with E-state index < -0.39 is 0 Å². The van der Waals surface area contributed by atoms with Gasteiger partial charge in [-0.2, -0.15) is 0 Å². The van der Waals surface area contributed by atoms with Crippen LogP contribution in [0.15, 0.2) is 58.8 Å². The molecule has 0 saturated carbocycles. The van der Waals surface area contributed by atoms with Gasteiger partial charge in [0, 0.05) is 21.2 Å². The van der Waals surface area contributed by atoms with Crippen molar-refractivity contribution in [2.24, 2.45) is 10.3 Å². The number of rotatable bonds is 6. The number of nitrogens with zero attached hydrogens (tertiary/aromatic N) is 2. The molecule has 0 aliphatic carbocycles. The van der Waals surface area contributed by atoms with E-state index in [4.69, 9.17) is 32.9 Å². The van der Waals surface area contributed by atoms with Crippen molar-refractivity contribution in [3.8, 4) is 0 Å². The van der Waals surface area contributed by atoms with Crippen LogP contribution in [0.25, 0.3) is 0 Å². The molecule has 2 aromatic carbocycles. The molecule has 120 valence electrons. The van der Waals surface area contributed by atoms with Crippen LogP contribution in [0.2, 0.25) is 10.0 Å². The Bertz CT molecular complexity index is 669. The summed E-state index contributed by atoms with van der Waals surface area (Å²) in [5.74, 6) is 0. The summed E-state index contributed by atoms with van der Waals surface area (Å²) in [7, 11) is 0. The fraction of sp³-hybridized carbons (Fsp3) is 0.176. The minimum absolute atomic E-state index is 0.108. The molecule has 0 aliphatic heterocycles. The number of hydrogen-bond acceptors (Lipinski definition) is 4. The Morgan fingerprint density at radius 2 is 1.17 bits per heavy atom. The highest BCUT2D eigenvalue weighted by Crippen LogP contribution is 2.16. The van der Waals surface area contributed by atoms with Crippen molar-refractivity contribution in [2.75, 3.05) is 6.79 Å². The van der Waals surface area contributed by atoms with Crippen LogP contribution in [-0.2, 0) is 9.68 Å². The van der Waals surface area contributed by atoms with Gasteiger partial charge in [0.2, 0.25) is 0 Å². The van der Waals surface area contributed by atoms with Gasteiger partial charge in [-0.15, -0.1) is 0 Å². The van der Waals surface area contributed by atoms with E-state index in [1.165, 1.54) is 0 Å². The van der Waals surface area contributed by atoms with Gasteiger partial charge in [0.05, 0.1) is 11.4 Å². The van der Waals surface area contributed by atoms with Gasteiger partial charge in [-0.1, -0.05) is 69.9 Å². The summed E-state index contributed by atoms with van der Waals surface area (Å²) in [6.07, 6.45) is 0. The van der Waals surface area contributed by atoms with Crippen molar-refractivity contribution < 1.29 is 9.68 Å². The summed E-state index contributed by atoms with van der Waals surface area (Å²) in [4.78, 5) is 10.2. The van der Waals surface area contributed by atoms with Gasteiger partial charge in [-0.05, 0) is 26.0 Å². The van der Waals surface area contributed by atoms with Gasteiger partial charge >= 0.3 is 0 Å². The van der Waals surface area contributed by atoms with E-state index in [0.29, 0.717) is 21.5 Å². The second-order valence-electron chi connectivity index (χ2n) is 4.69. The minimum atomic E-state index is -0.108. The van der Waals surface area contributed by atoms with Crippen LogP contribution in [0.4, 0.5) is 0 Å². The zero-order chi connectivity index (χ0) is 16.7. The molecule has 0 N–H and O–H groups in total. The van der Waals surface area contributed by atoms with Crippen molar-refractivity contribution in [1.82, 2.24) is 0 Å². The van der Waals surface area contributed by atoms with Gasteiger partial charge in [0.1, 0.15) is 0 Å². The van der Waals surface area contributed by atoms with E-state index in [2.05, 4.69) is 10.3 Å².